The Hall–Kier alpha value is -0.880. The Kier molecular flexibility index (Phi) is 7.96. The molecule has 1 aromatic rings. The number of carbonyl (C=O) groups excluding carboxylic acids is 1. The molecule has 0 bridgehead atoms. The molecule has 2 N–H and O–H groups in total. The van der Waals surface area contributed by atoms with Gasteiger partial charge in [-0.15, -0.1) is 12.4 Å². The van der Waals surface area contributed by atoms with Crippen LogP contribution in [0.4, 0.5) is 4.39 Å². The van der Waals surface area contributed by atoms with Crippen molar-refractivity contribution in [1.29, 1.82) is 0 Å². The van der Waals surface area contributed by atoms with Crippen LogP contribution in [0.1, 0.15) is 16.8 Å². The second kappa shape index (κ2) is 9.20. The smallest absolute Gasteiger partial charge is 0.252 e. The van der Waals surface area contributed by atoms with Crippen LogP contribution < -0.4 is 10.6 Å². The first kappa shape index (κ1) is 18.2. The minimum Gasteiger partial charge on any atom is -0.352 e. The zero-order valence-corrected chi connectivity index (χ0v) is 13.3. The lowest BCUT2D eigenvalue weighted by atomic mass is 10.2. The summed E-state index contributed by atoms with van der Waals surface area (Å²) in [7, 11) is 0. The second-order valence-corrected chi connectivity index (χ2v) is 5.23. The molecule has 0 unspecified atom stereocenters. The first-order chi connectivity index (χ1) is 9.66. The second-order valence-electron chi connectivity index (χ2n) is 4.83. The molecule has 0 atom stereocenters. The highest BCUT2D eigenvalue weighted by Gasteiger charge is 2.11. The van der Waals surface area contributed by atoms with Crippen molar-refractivity contribution in [2.45, 2.75) is 6.42 Å². The third kappa shape index (κ3) is 5.79. The molecule has 1 aliphatic heterocycles. The Labute approximate surface area is 135 Å². The van der Waals surface area contributed by atoms with E-state index in [9.17, 15) is 9.18 Å². The third-order valence-corrected chi connectivity index (χ3v) is 3.63. The van der Waals surface area contributed by atoms with Crippen LogP contribution >= 0.6 is 24.0 Å². The van der Waals surface area contributed by atoms with E-state index < -0.39 is 5.82 Å². The van der Waals surface area contributed by atoms with Gasteiger partial charge in [0.1, 0.15) is 5.82 Å². The summed E-state index contributed by atoms with van der Waals surface area (Å²) >= 11 is 5.84. The Balaban J connectivity index is 0.00000220. The molecule has 0 saturated carbocycles. The van der Waals surface area contributed by atoms with Gasteiger partial charge in [0.2, 0.25) is 0 Å². The highest BCUT2D eigenvalue weighted by Crippen LogP contribution is 2.16. The van der Waals surface area contributed by atoms with Crippen LogP contribution in [0, 0.1) is 5.82 Å². The summed E-state index contributed by atoms with van der Waals surface area (Å²) in [5, 5.41) is 6.25. The molecular weight excluding hydrogens is 316 g/mol. The van der Waals surface area contributed by atoms with Gasteiger partial charge in [-0.3, -0.25) is 4.79 Å². The predicted octanol–water partition coefficient (Wildman–Crippen LogP) is 1.93. The number of halogens is 3. The molecule has 1 aromatic carbocycles. The van der Waals surface area contributed by atoms with Gasteiger partial charge in [-0.25, -0.2) is 4.39 Å². The van der Waals surface area contributed by atoms with Crippen molar-refractivity contribution in [3.05, 3.63) is 34.6 Å². The van der Waals surface area contributed by atoms with E-state index in [0.29, 0.717) is 12.1 Å². The van der Waals surface area contributed by atoms with Crippen molar-refractivity contribution in [2.75, 3.05) is 39.3 Å². The van der Waals surface area contributed by atoms with E-state index in [1.807, 2.05) is 0 Å². The van der Waals surface area contributed by atoms with Crippen LogP contribution in [0.15, 0.2) is 18.2 Å². The van der Waals surface area contributed by atoms with Gasteiger partial charge in [0.25, 0.3) is 5.91 Å². The Bertz CT molecular complexity index is 468. The number of nitrogens with one attached hydrogen (secondary N) is 2. The standard InChI is InChI=1S/C14H19ClFN3O.ClH/c15-13-10-11(16)2-3-12(13)14(20)18-4-1-7-19-8-5-17-6-9-19;/h2-3,10,17H,1,4-9H2,(H,18,20);1H. The van der Waals surface area contributed by atoms with Crippen molar-refractivity contribution in [3.63, 3.8) is 0 Å². The molecule has 1 heterocycles. The minimum absolute atomic E-state index is 0. The lowest BCUT2D eigenvalue weighted by Gasteiger charge is -2.27. The van der Waals surface area contributed by atoms with E-state index in [-0.39, 0.29) is 23.3 Å². The largest absolute Gasteiger partial charge is 0.352 e. The fraction of sp³-hybridized carbons (Fsp3) is 0.500. The molecule has 0 radical (unpaired) electrons. The van der Waals surface area contributed by atoms with Gasteiger partial charge >= 0.3 is 0 Å². The molecule has 7 heteroatoms. The van der Waals surface area contributed by atoms with E-state index in [2.05, 4.69) is 15.5 Å². The van der Waals surface area contributed by atoms with Crippen molar-refractivity contribution >= 4 is 29.9 Å². The molecule has 0 aliphatic carbocycles. The molecule has 1 amide bonds. The zero-order valence-electron chi connectivity index (χ0n) is 11.7. The Morgan fingerprint density at radius 3 is 2.76 bits per heavy atom. The highest BCUT2D eigenvalue weighted by molar-refractivity contribution is 6.33. The maximum absolute atomic E-state index is 12.9. The van der Waals surface area contributed by atoms with Gasteiger partial charge in [-0.2, -0.15) is 0 Å². The summed E-state index contributed by atoms with van der Waals surface area (Å²) in [6, 6.07) is 3.79. The summed E-state index contributed by atoms with van der Waals surface area (Å²) in [5.41, 5.74) is 0.315. The Morgan fingerprint density at radius 1 is 1.38 bits per heavy atom. The molecular formula is C14H20Cl2FN3O. The topological polar surface area (TPSA) is 44.4 Å². The van der Waals surface area contributed by atoms with E-state index in [1.54, 1.807) is 0 Å². The maximum atomic E-state index is 12.9. The van der Waals surface area contributed by atoms with Crippen molar-refractivity contribution in [3.8, 4) is 0 Å². The Morgan fingerprint density at radius 2 is 2.10 bits per heavy atom. The van der Waals surface area contributed by atoms with Crippen LogP contribution in [-0.2, 0) is 0 Å². The van der Waals surface area contributed by atoms with E-state index in [1.165, 1.54) is 12.1 Å². The quantitative estimate of drug-likeness (QED) is 0.808. The number of hydrogen-bond donors (Lipinski definition) is 2. The maximum Gasteiger partial charge on any atom is 0.252 e. The van der Waals surface area contributed by atoms with E-state index in [4.69, 9.17) is 11.6 Å². The SMILES string of the molecule is Cl.O=C(NCCCN1CCNCC1)c1ccc(F)cc1Cl. The third-order valence-electron chi connectivity index (χ3n) is 3.32. The fourth-order valence-corrected chi connectivity index (χ4v) is 2.46. The summed E-state index contributed by atoms with van der Waals surface area (Å²) in [5.74, 6) is -0.694. The number of benzene rings is 1. The first-order valence-corrected chi connectivity index (χ1v) is 7.21. The number of nitrogens with zero attached hydrogens (tertiary/aromatic N) is 1. The summed E-state index contributed by atoms with van der Waals surface area (Å²) in [4.78, 5) is 14.3. The molecule has 1 saturated heterocycles. The van der Waals surface area contributed by atoms with Gasteiger partial charge in [0.05, 0.1) is 10.6 Å². The van der Waals surface area contributed by atoms with Crippen LogP contribution in [0.25, 0.3) is 0 Å². The molecule has 1 aliphatic rings. The molecule has 0 aromatic heterocycles. The van der Waals surface area contributed by atoms with Crippen LogP contribution in [0.5, 0.6) is 0 Å². The van der Waals surface area contributed by atoms with Gasteiger partial charge in [0, 0.05) is 32.7 Å². The average molecular weight is 336 g/mol. The fourth-order valence-electron chi connectivity index (χ4n) is 2.21. The predicted molar refractivity (Wildman–Crippen MR) is 84.9 cm³/mol. The van der Waals surface area contributed by atoms with E-state index in [0.717, 1.165) is 45.2 Å². The summed E-state index contributed by atoms with van der Waals surface area (Å²) in [6.45, 7) is 5.72. The van der Waals surface area contributed by atoms with Gasteiger partial charge < -0.3 is 15.5 Å². The zero-order chi connectivity index (χ0) is 14.4. The first-order valence-electron chi connectivity index (χ1n) is 6.83. The van der Waals surface area contributed by atoms with Crippen LogP contribution in [0.2, 0.25) is 5.02 Å². The lowest BCUT2D eigenvalue weighted by Crippen LogP contribution is -2.44. The van der Waals surface area contributed by atoms with Gasteiger partial charge in [-0.05, 0) is 31.2 Å². The molecule has 1 fully saturated rings. The number of piperazine rings is 1. The summed E-state index contributed by atoms with van der Waals surface area (Å²) in [6.07, 6.45) is 0.893. The normalized spacial score (nSPS) is 15.3. The number of hydrogen-bond acceptors (Lipinski definition) is 3. The molecule has 2 rings (SSSR count). The number of rotatable bonds is 5. The minimum atomic E-state index is -0.440. The highest BCUT2D eigenvalue weighted by atomic mass is 35.5. The number of amides is 1. The number of carbonyl (C=O) groups is 1. The van der Waals surface area contributed by atoms with Crippen molar-refractivity contribution in [2.24, 2.45) is 0 Å². The van der Waals surface area contributed by atoms with Gasteiger partial charge in [-0.1, -0.05) is 11.6 Å². The molecule has 0 spiro atoms. The van der Waals surface area contributed by atoms with Crippen LogP contribution in [0.3, 0.4) is 0 Å². The lowest BCUT2D eigenvalue weighted by molar-refractivity contribution is 0.0951. The van der Waals surface area contributed by atoms with Gasteiger partial charge in [0.15, 0.2) is 0 Å². The van der Waals surface area contributed by atoms with E-state index >= 15 is 0 Å². The van der Waals surface area contributed by atoms with Crippen molar-refractivity contribution < 1.29 is 9.18 Å². The summed E-state index contributed by atoms with van der Waals surface area (Å²) < 4.78 is 12.9. The van der Waals surface area contributed by atoms with Crippen molar-refractivity contribution in [1.82, 2.24) is 15.5 Å². The average Bonchev–Trinajstić information content (AvgIpc) is 2.44. The molecule has 118 valence electrons. The van der Waals surface area contributed by atoms with Crippen LogP contribution in [-0.4, -0.2) is 50.1 Å². The monoisotopic (exact) mass is 335 g/mol. The molecule has 21 heavy (non-hydrogen) atoms. The molecule has 4 nitrogen and oxygen atoms in total.